The minimum atomic E-state index is -0.0217. The third-order valence-electron chi connectivity index (χ3n) is 4.78. The number of benzene rings is 1. The molecule has 1 atom stereocenters. The molecule has 6 heteroatoms. The molecule has 24 heavy (non-hydrogen) atoms. The molecule has 0 radical (unpaired) electrons. The minimum absolute atomic E-state index is 0. The predicted octanol–water partition coefficient (Wildman–Crippen LogP) is 2.26. The molecule has 1 aliphatic carbocycles. The van der Waals surface area contributed by atoms with E-state index in [1.165, 1.54) is 5.69 Å². The molecule has 128 valence electrons. The van der Waals surface area contributed by atoms with Crippen molar-refractivity contribution in [2.75, 3.05) is 13.1 Å². The van der Waals surface area contributed by atoms with Gasteiger partial charge in [0.05, 0.1) is 5.69 Å². The summed E-state index contributed by atoms with van der Waals surface area (Å²) in [5.74, 6) is -0.0217. The maximum absolute atomic E-state index is 12.7. The van der Waals surface area contributed by atoms with Gasteiger partial charge in [-0.2, -0.15) is 5.10 Å². The SMILES string of the molecule is Cl.O=C(NC1CCCNC1)c1nn(-c2ccccc2)c2c1CCC2. The lowest BCUT2D eigenvalue weighted by atomic mass is 10.1. The van der Waals surface area contributed by atoms with Crippen molar-refractivity contribution in [3.63, 3.8) is 0 Å². The Morgan fingerprint density at radius 3 is 2.79 bits per heavy atom. The Morgan fingerprint density at radius 2 is 2.04 bits per heavy atom. The van der Waals surface area contributed by atoms with Gasteiger partial charge in [-0.3, -0.25) is 4.79 Å². The lowest BCUT2D eigenvalue weighted by molar-refractivity contribution is 0.0924. The van der Waals surface area contributed by atoms with Crippen LogP contribution >= 0.6 is 12.4 Å². The molecular formula is C18H23ClN4O. The van der Waals surface area contributed by atoms with E-state index >= 15 is 0 Å². The van der Waals surface area contributed by atoms with E-state index in [2.05, 4.69) is 15.7 Å². The normalized spacial score (nSPS) is 19.4. The summed E-state index contributed by atoms with van der Waals surface area (Å²) in [6.45, 7) is 1.90. The fourth-order valence-electron chi connectivity index (χ4n) is 3.63. The second-order valence-corrected chi connectivity index (χ2v) is 6.39. The first-order valence-electron chi connectivity index (χ1n) is 8.51. The molecule has 2 aromatic rings. The fraction of sp³-hybridized carbons (Fsp3) is 0.444. The first kappa shape index (κ1) is 17.0. The maximum atomic E-state index is 12.7. The highest BCUT2D eigenvalue weighted by Crippen LogP contribution is 2.27. The van der Waals surface area contributed by atoms with E-state index in [1.54, 1.807) is 0 Å². The number of hydrogen-bond acceptors (Lipinski definition) is 3. The number of fused-ring (bicyclic) bond motifs is 1. The summed E-state index contributed by atoms with van der Waals surface area (Å²) >= 11 is 0. The van der Waals surface area contributed by atoms with Gasteiger partial charge in [-0.25, -0.2) is 4.68 Å². The Morgan fingerprint density at radius 1 is 1.21 bits per heavy atom. The van der Waals surface area contributed by atoms with Crippen molar-refractivity contribution >= 4 is 18.3 Å². The smallest absolute Gasteiger partial charge is 0.272 e. The Balaban J connectivity index is 0.00000169. The highest BCUT2D eigenvalue weighted by atomic mass is 35.5. The van der Waals surface area contributed by atoms with E-state index in [0.717, 1.165) is 56.4 Å². The van der Waals surface area contributed by atoms with Crippen LogP contribution in [-0.4, -0.2) is 34.8 Å². The first-order chi connectivity index (χ1) is 11.3. The molecule has 2 aliphatic rings. The quantitative estimate of drug-likeness (QED) is 0.896. The highest BCUT2D eigenvalue weighted by Gasteiger charge is 2.28. The van der Waals surface area contributed by atoms with Crippen molar-refractivity contribution in [2.24, 2.45) is 0 Å². The van der Waals surface area contributed by atoms with Gasteiger partial charge in [0.15, 0.2) is 5.69 Å². The second kappa shape index (κ2) is 7.36. The van der Waals surface area contributed by atoms with Crippen LogP contribution in [0.2, 0.25) is 0 Å². The molecule has 2 N–H and O–H groups in total. The molecule has 1 unspecified atom stereocenters. The number of halogens is 1. The summed E-state index contributed by atoms with van der Waals surface area (Å²) < 4.78 is 1.95. The van der Waals surface area contributed by atoms with E-state index < -0.39 is 0 Å². The van der Waals surface area contributed by atoms with Crippen molar-refractivity contribution in [1.82, 2.24) is 20.4 Å². The van der Waals surface area contributed by atoms with Gasteiger partial charge >= 0.3 is 0 Å². The molecule has 0 spiro atoms. The molecule has 0 bridgehead atoms. The third kappa shape index (κ3) is 3.19. The van der Waals surface area contributed by atoms with E-state index in [-0.39, 0.29) is 24.4 Å². The van der Waals surface area contributed by atoms with Crippen LogP contribution in [0.3, 0.4) is 0 Å². The van der Waals surface area contributed by atoms with Gasteiger partial charge in [0.2, 0.25) is 0 Å². The van der Waals surface area contributed by atoms with Crippen LogP contribution in [0.1, 0.15) is 41.0 Å². The number of para-hydroxylation sites is 1. The number of nitrogens with zero attached hydrogens (tertiary/aromatic N) is 2. The number of carbonyl (C=O) groups excluding carboxylic acids is 1. The molecule has 5 nitrogen and oxygen atoms in total. The summed E-state index contributed by atoms with van der Waals surface area (Å²) in [4.78, 5) is 12.7. The Hall–Kier alpha value is -1.85. The van der Waals surface area contributed by atoms with Crippen LogP contribution in [0.5, 0.6) is 0 Å². The zero-order valence-corrected chi connectivity index (χ0v) is 14.4. The summed E-state index contributed by atoms with van der Waals surface area (Å²) in [5, 5.41) is 11.1. The molecule has 1 fully saturated rings. The third-order valence-corrected chi connectivity index (χ3v) is 4.78. The van der Waals surface area contributed by atoms with Crippen LogP contribution in [0.4, 0.5) is 0 Å². The Labute approximate surface area is 148 Å². The van der Waals surface area contributed by atoms with Crippen LogP contribution in [0.15, 0.2) is 30.3 Å². The molecule has 1 saturated heterocycles. The Bertz CT molecular complexity index is 707. The molecule has 2 heterocycles. The average Bonchev–Trinajstić information content (AvgIpc) is 3.18. The van der Waals surface area contributed by atoms with Gasteiger partial charge < -0.3 is 10.6 Å². The fourth-order valence-corrected chi connectivity index (χ4v) is 3.63. The van der Waals surface area contributed by atoms with Crippen LogP contribution in [-0.2, 0) is 12.8 Å². The molecule has 0 saturated carbocycles. The van der Waals surface area contributed by atoms with E-state index in [9.17, 15) is 4.79 Å². The number of hydrogen-bond donors (Lipinski definition) is 2. The van der Waals surface area contributed by atoms with E-state index in [1.807, 2.05) is 35.0 Å². The number of carbonyl (C=O) groups is 1. The number of aromatic nitrogens is 2. The van der Waals surface area contributed by atoms with Crippen molar-refractivity contribution in [1.29, 1.82) is 0 Å². The molecule has 1 amide bonds. The van der Waals surface area contributed by atoms with Crippen LogP contribution in [0, 0.1) is 0 Å². The van der Waals surface area contributed by atoms with E-state index in [0.29, 0.717) is 5.69 Å². The second-order valence-electron chi connectivity index (χ2n) is 6.39. The molecule has 1 aromatic carbocycles. The molecule has 4 rings (SSSR count). The Kier molecular flexibility index (Phi) is 5.21. The van der Waals surface area contributed by atoms with Gasteiger partial charge in [0, 0.05) is 23.8 Å². The van der Waals surface area contributed by atoms with Gasteiger partial charge in [-0.05, 0) is 50.8 Å². The van der Waals surface area contributed by atoms with Crippen molar-refractivity contribution in [2.45, 2.75) is 38.1 Å². The summed E-state index contributed by atoms with van der Waals surface area (Å²) in [5.41, 5.74) is 3.98. The number of rotatable bonds is 3. The largest absolute Gasteiger partial charge is 0.347 e. The standard InChI is InChI=1S/C18H22N4O.ClH/c23-18(20-13-6-5-11-19-12-13)17-15-9-4-10-16(15)22(21-17)14-7-2-1-3-8-14;/h1-3,7-8,13,19H,4-6,9-12H2,(H,20,23);1H. The van der Waals surface area contributed by atoms with Crippen molar-refractivity contribution in [3.8, 4) is 5.69 Å². The van der Waals surface area contributed by atoms with Crippen molar-refractivity contribution < 1.29 is 4.79 Å². The average molecular weight is 347 g/mol. The van der Waals surface area contributed by atoms with Gasteiger partial charge in [0.25, 0.3) is 5.91 Å². The zero-order chi connectivity index (χ0) is 15.6. The summed E-state index contributed by atoms with van der Waals surface area (Å²) in [6, 6.07) is 10.3. The zero-order valence-electron chi connectivity index (χ0n) is 13.6. The number of piperidine rings is 1. The molecule has 1 aromatic heterocycles. The van der Waals surface area contributed by atoms with Crippen LogP contribution < -0.4 is 10.6 Å². The molecular weight excluding hydrogens is 324 g/mol. The number of amides is 1. The number of nitrogens with one attached hydrogen (secondary N) is 2. The lowest BCUT2D eigenvalue weighted by Gasteiger charge is -2.23. The topological polar surface area (TPSA) is 59.0 Å². The summed E-state index contributed by atoms with van der Waals surface area (Å²) in [7, 11) is 0. The first-order valence-corrected chi connectivity index (χ1v) is 8.51. The van der Waals surface area contributed by atoms with Crippen molar-refractivity contribution in [3.05, 3.63) is 47.3 Å². The maximum Gasteiger partial charge on any atom is 0.272 e. The van der Waals surface area contributed by atoms with Gasteiger partial charge in [0.1, 0.15) is 0 Å². The van der Waals surface area contributed by atoms with Gasteiger partial charge in [-0.1, -0.05) is 18.2 Å². The highest BCUT2D eigenvalue weighted by molar-refractivity contribution is 5.94. The van der Waals surface area contributed by atoms with Crippen LogP contribution in [0.25, 0.3) is 5.69 Å². The predicted molar refractivity (Wildman–Crippen MR) is 96.2 cm³/mol. The van der Waals surface area contributed by atoms with E-state index in [4.69, 9.17) is 0 Å². The monoisotopic (exact) mass is 346 g/mol. The summed E-state index contributed by atoms with van der Waals surface area (Å²) in [6.07, 6.45) is 5.20. The van der Waals surface area contributed by atoms with Gasteiger partial charge in [-0.15, -0.1) is 12.4 Å². The lowest BCUT2D eigenvalue weighted by Crippen LogP contribution is -2.45. The molecule has 1 aliphatic heterocycles. The minimum Gasteiger partial charge on any atom is -0.347 e.